The maximum absolute atomic E-state index is 13.8. The summed E-state index contributed by atoms with van der Waals surface area (Å²) >= 11 is 1.34. The third kappa shape index (κ3) is 3.12. The first-order valence-corrected chi connectivity index (χ1v) is 7.78. The maximum Gasteiger partial charge on any atom is 0.318 e. The number of halogens is 2. The molecule has 0 aromatic carbocycles. The van der Waals surface area contributed by atoms with Gasteiger partial charge in [-0.25, -0.2) is 24.0 Å². The number of nitrogens with two attached hydrogens (primary N) is 1. The van der Waals surface area contributed by atoms with Crippen molar-refractivity contribution < 1.29 is 23.2 Å². The van der Waals surface area contributed by atoms with Crippen LogP contribution in [-0.4, -0.2) is 53.0 Å². The van der Waals surface area contributed by atoms with E-state index in [1.54, 1.807) is 11.6 Å². The molecule has 3 heterocycles. The van der Waals surface area contributed by atoms with E-state index in [2.05, 4.69) is 15.8 Å². The number of alkyl halides is 2. The largest absolute Gasteiger partial charge is 0.327 e. The lowest BCUT2D eigenvalue weighted by Gasteiger charge is -2.34. The number of hydrogen-bond donors (Lipinski definition) is 3. The van der Waals surface area contributed by atoms with E-state index in [1.807, 2.05) is 0 Å². The standard InChI is InChI=1S/C12H15F2N5O3S/c13-12(14)3-7(19-4-8(12)17-11(19)21)9(20)18-22-5-6(15)10-16-1-2-23-10/h1-2,6-8H,3-5,15H2,(H,17,21)(H,18,20)/t6?,7-,8-/m0/s1. The maximum atomic E-state index is 13.8. The molecule has 2 fully saturated rings. The summed E-state index contributed by atoms with van der Waals surface area (Å²) in [5.74, 6) is -3.94. The highest BCUT2D eigenvalue weighted by atomic mass is 32.1. The van der Waals surface area contributed by atoms with Gasteiger partial charge in [0, 0.05) is 24.5 Å². The second-order valence-electron chi connectivity index (χ2n) is 5.39. The summed E-state index contributed by atoms with van der Waals surface area (Å²) in [6.45, 7) is -0.264. The number of nitrogens with zero attached hydrogens (tertiary/aromatic N) is 2. The summed E-state index contributed by atoms with van der Waals surface area (Å²) in [5, 5.41) is 4.55. The molecule has 1 aromatic rings. The van der Waals surface area contributed by atoms with E-state index < -0.39 is 42.4 Å². The second kappa shape index (κ2) is 5.98. The number of amides is 3. The first kappa shape index (κ1) is 16.0. The molecule has 0 aliphatic carbocycles. The van der Waals surface area contributed by atoms with Gasteiger partial charge in [-0.2, -0.15) is 0 Å². The van der Waals surface area contributed by atoms with Gasteiger partial charge in [0.2, 0.25) is 0 Å². The number of rotatable bonds is 5. The predicted octanol–water partition coefficient (Wildman–Crippen LogP) is -0.00790. The monoisotopic (exact) mass is 347 g/mol. The molecule has 3 amide bonds. The van der Waals surface area contributed by atoms with E-state index in [-0.39, 0.29) is 13.2 Å². The Kier molecular flexibility index (Phi) is 4.17. The molecule has 3 atom stereocenters. The first-order chi connectivity index (χ1) is 10.9. The van der Waals surface area contributed by atoms with Gasteiger partial charge in [0.05, 0.1) is 12.6 Å². The van der Waals surface area contributed by atoms with Gasteiger partial charge in [-0.05, 0) is 0 Å². The third-order valence-electron chi connectivity index (χ3n) is 3.80. The van der Waals surface area contributed by atoms with Crippen LogP contribution in [-0.2, 0) is 9.63 Å². The molecule has 2 bridgehead atoms. The highest BCUT2D eigenvalue weighted by Crippen LogP contribution is 2.35. The zero-order valence-electron chi connectivity index (χ0n) is 11.9. The van der Waals surface area contributed by atoms with Gasteiger partial charge >= 0.3 is 6.03 Å². The molecule has 2 saturated heterocycles. The highest BCUT2D eigenvalue weighted by molar-refractivity contribution is 7.09. The minimum atomic E-state index is -3.14. The van der Waals surface area contributed by atoms with Crippen molar-refractivity contribution >= 4 is 23.3 Å². The van der Waals surface area contributed by atoms with E-state index in [1.165, 1.54) is 11.3 Å². The molecule has 2 aliphatic heterocycles. The van der Waals surface area contributed by atoms with Gasteiger partial charge in [0.1, 0.15) is 17.1 Å². The molecule has 8 nitrogen and oxygen atoms in total. The number of thiazole rings is 1. The zero-order chi connectivity index (χ0) is 16.6. The Morgan fingerprint density at radius 3 is 3.17 bits per heavy atom. The van der Waals surface area contributed by atoms with Gasteiger partial charge < -0.3 is 16.0 Å². The van der Waals surface area contributed by atoms with Crippen molar-refractivity contribution in [3.63, 3.8) is 0 Å². The summed E-state index contributed by atoms with van der Waals surface area (Å²) in [4.78, 5) is 33.7. The van der Waals surface area contributed by atoms with Crippen LogP contribution in [0.25, 0.3) is 0 Å². The van der Waals surface area contributed by atoms with Crippen molar-refractivity contribution in [2.75, 3.05) is 13.2 Å². The summed E-state index contributed by atoms with van der Waals surface area (Å²) < 4.78 is 27.7. The number of nitrogens with one attached hydrogen (secondary N) is 2. The number of carbonyl (C=O) groups is 2. The van der Waals surface area contributed by atoms with Crippen molar-refractivity contribution in [2.45, 2.75) is 30.5 Å². The van der Waals surface area contributed by atoms with Crippen molar-refractivity contribution in [3.05, 3.63) is 16.6 Å². The van der Waals surface area contributed by atoms with Crippen molar-refractivity contribution in [3.8, 4) is 0 Å². The minimum Gasteiger partial charge on any atom is -0.327 e. The molecular formula is C12H15F2N5O3S. The van der Waals surface area contributed by atoms with Crippen LogP contribution in [0.5, 0.6) is 0 Å². The van der Waals surface area contributed by atoms with E-state index in [9.17, 15) is 18.4 Å². The lowest BCUT2D eigenvalue weighted by Crippen LogP contribution is -2.56. The summed E-state index contributed by atoms with van der Waals surface area (Å²) in [5.41, 5.74) is 7.90. The molecule has 0 saturated carbocycles. The minimum absolute atomic E-state index is 0.0583. The molecule has 1 unspecified atom stereocenters. The topological polar surface area (TPSA) is 110 Å². The average Bonchev–Trinajstić information content (AvgIpc) is 3.12. The summed E-state index contributed by atoms with van der Waals surface area (Å²) in [7, 11) is 0. The van der Waals surface area contributed by atoms with Gasteiger partial charge in [-0.15, -0.1) is 11.3 Å². The number of piperidine rings is 1. The van der Waals surface area contributed by atoms with Crippen LogP contribution in [0, 0.1) is 0 Å². The van der Waals surface area contributed by atoms with E-state index in [4.69, 9.17) is 10.6 Å². The molecule has 4 N–H and O–H groups in total. The van der Waals surface area contributed by atoms with Crippen molar-refractivity contribution in [1.82, 2.24) is 20.7 Å². The molecule has 3 rings (SSSR count). The fourth-order valence-corrected chi connectivity index (χ4v) is 3.19. The quantitative estimate of drug-likeness (QED) is 0.649. The fraction of sp³-hybridized carbons (Fsp3) is 0.583. The predicted molar refractivity (Wildman–Crippen MR) is 75.5 cm³/mol. The van der Waals surface area contributed by atoms with Gasteiger partial charge in [-0.1, -0.05) is 0 Å². The van der Waals surface area contributed by atoms with Gasteiger partial charge in [-0.3, -0.25) is 9.63 Å². The van der Waals surface area contributed by atoms with Crippen LogP contribution >= 0.6 is 11.3 Å². The van der Waals surface area contributed by atoms with Crippen LogP contribution in [0.1, 0.15) is 17.5 Å². The number of carbonyl (C=O) groups excluding carboxylic acids is 2. The smallest absolute Gasteiger partial charge is 0.318 e. The Bertz CT molecular complexity index is 600. The van der Waals surface area contributed by atoms with Gasteiger partial charge in [0.25, 0.3) is 11.8 Å². The number of urea groups is 1. The SMILES string of the molecule is NC(CONC(=O)[C@@H]1CC(F)(F)[C@@H]2CN1C(=O)N2)c1nccs1. The Morgan fingerprint density at radius 2 is 2.48 bits per heavy atom. The number of hydroxylamine groups is 1. The molecule has 0 radical (unpaired) electrons. The van der Waals surface area contributed by atoms with E-state index >= 15 is 0 Å². The highest BCUT2D eigenvalue weighted by Gasteiger charge is 2.56. The van der Waals surface area contributed by atoms with E-state index in [0.717, 1.165) is 4.90 Å². The third-order valence-corrected chi connectivity index (χ3v) is 4.70. The Labute approximate surface area is 133 Å². The molecular weight excluding hydrogens is 332 g/mol. The van der Waals surface area contributed by atoms with E-state index in [0.29, 0.717) is 5.01 Å². The Morgan fingerprint density at radius 1 is 1.70 bits per heavy atom. The lowest BCUT2D eigenvalue weighted by molar-refractivity contribution is -0.146. The number of hydrogen-bond acceptors (Lipinski definition) is 6. The second-order valence-corrected chi connectivity index (χ2v) is 6.32. The summed E-state index contributed by atoms with van der Waals surface area (Å²) in [6.07, 6.45) is 0.842. The molecule has 23 heavy (non-hydrogen) atoms. The van der Waals surface area contributed by atoms with Crippen molar-refractivity contribution in [2.24, 2.45) is 5.73 Å². The molecule has 126 valence electrons. The van der Waals surface area contributed by atoms with Crippen LogP contribution < -0.4 is 16.5 Å². The lowest BCUT2D eigenvalue weighted by atomic mass is 9.96. The molecule has 11 heteroatoms. The molecule has 2 aliphatic rings. The van der Waals surface area contributed by atoms with Crippen LogP contribution in [0.2, 0.25) is 0 Å². The van der Waals surface area contributed by atoms with Crippen LogP contribution in [0.4, 0.5) is 13.6 Å². The zero-order valence-corrected chi connectivity index (χ0v) is 12.7. The first-order valence-electron chi connectivity index (χ1n) is 6.90. The number of aromatic nitrogens is 1. The normalized spacial score (nSPS) is 26.7. The average molecular weight is 347 g/mol. The molecule has 1 aromatic heterocycles. The van der Waals surface area contributed by atoms with Crippen LogP contribution in [0.3, 0.4) is 0 Å². The summed E-state index contributed by atoms with van der Waals surface area (Å²) in [6, 6.07) is -3.74. The Hall–Kier alpha value is -1.85. The van der Waals surface area contributed by atoms with Crippen molar-refractivity contribution in [1.29, 1.82) is 0 Å². The molecule has 0 spiro atoms. The van der Waals surface area contributed by atoms with Gasteiger partial charge in [0.15, 0.2) is 0 Å². The number of fused-ring (bicyclic) bond motifs is 2. The Balaban J connectivity index is 1.54. The fourth-order valence-electron chi connectivity index (χ4n) is 2.57. The van der Waals surface area contributed by atoms with Crippen LogP contribution in [0.15, 0.2) is 11.6 Å².